The highest BCUT2D eigenvalue weighted by Gasteiger charge is 2.25. The highest BCUT2D eigenvalue weighted by Crippen LogP contribution is 2.48. The Morgan fingerprint density at radius 1 is 0.152 bits per heavy atom. The minimum absolute atomic E-state index is 0.760. The monoisotopic (exact) mass is 1340 g/mol. The molecule has 0 spiro atoms. The van der Waals surface area contributed by atoms with E-state index in [0.717, 1.165) is 215 Å². The zero-order valence-corrected chi connectivity index (χ0v) is 55.7. The molecule has 486 valence electrons. The van der Waals surface area contributed by atoms with E-state index in [-0.39, 0.29) is 0 Å². The molecule has 0 aliphatic rings. The van der Waals surface area contributed by atoms with Crippen molar-refractivity contribution in [3.63, 3.8) is 0 Å². The van der Waals surface area contributed by atoms with Gasteiger partial charge in [0.15, 0.2) is 0 Å². The van der Waals surface area contributed by atoms with Crippen molar-refractivity contribution in [1.82, 2.24) is 13.7 Å². The summed E-state index contributed by atoms with van der Waals surface area (Å²) >= 11 is 0. The predicted octanol–water partition coefficient (Wildman–Crippen LogP) is 27.4. The highest BCUT2D eigenvalue weighted by molar-refractivity contribution is 6.26. The van der Waals surface area contributed by atoms with E-state index in [4.69, 9.17) is 26.5 Å². The first-order valence-corrected chi connectivity index (χ1v) is 35.6. The molecule has 0 N–H and O–H groups in total. The van der Waals surface area contributed by atoms with E-state index in [1.165, 1.54) is 32.3 Å². The van der Waals surface area contributed by atoms with Gasteiger partial charge in [-0.05, 0) is 215 Å². The lowest BCUT2D eigenvalue weighted by Gasteiger charge is -2.12. The summed E-state index contributed by atoms with van der Waals surface area (Å²) < 4.78 is 48.3. The van der Waals surface area contributed by atoms with Gasteiger partial charge in [0.2, 0.25) is 0 Å². The second-order valence-electron chi connectivity index (χ2n) is 28.1. The van der Waals surface area contributed by atoms with Crippen LogP contribution in [-0.2, 0) is 0 Å². The number of hydrogen-bond acceptors (Lipinski definition) is 6. The molecule has 0 aliphatic carbocycles. The molecule has 0 atom stereocenters. The molecule has 9 heteroatoms. The van der Waals surface area contributed by atoms with Crippen LogP contribution in [0.2, 0.25) is 0 Å². The van der Waals surface area contributed by atoms with Crippen LogP contribution in [0, 0.1) is 0 Å². The Hall–Kier alpha value is -14.3. The first kappa shape index (κ1) is 55.5. The number of furan rings is 6. The summed E-state index contributed by atoms with van der Waals surface area (Å²) in [7, 11) is 0. The van der Waals surface area contributed by atoms with E-state index in [9.17, 15) is 0 Å². The molecule has 16 aromatic carbocycles. The van der Waals surface area contributed by atoms with Crippen LogP contribution in [0.3, 0.4) is 0 Å². The van der Waals surface area contributed by atoms with E-state index in [1.54, 1.807) is 0 Å². The second-order valence-corrected chi connectivity index (χ2v) is 28.1. The Labute approximate surface area is 593 Å². The number of hydrogen-bond donors (Lipinski definition) is 0. The number of benzene rings is 16. The third-order valence-electron chi connectivity index (χ3n) is 22.6. The fourth-order valence-corrected chi connectivity index (χ4v) is 17.9. The fourth-order valence-electron chi connectivity index (χ4n) is 17.9. The average molecular weight is 1340 g/mol. The summed E-state index contributed by atoms with van der Waals surface area (Å²) in [5.41, 5.74) is 25.7. The van der Waals surface area contributed by atoms with Gasteiger partial charge >= 0.3 is 0 Å². The predicted molar refractivity (Wildman–Crippen MR) is 429 cm³/mol. The Bertz CT molecular complexity index is 7260. The number of fused-ring (bicyclic) bond motifs is 30. The Morgan fingerprint density at radius 3 is 0.667 bits per heavy atom. The van der Waals surface area contributed by atoms with Gasteiger partial charge in [-0.1, -0.05) is 127 Å². The van der Waals surface area contributed by atoms with Crippen LogP contribution in [0.1, 0.15) is 0 Å². The molecule has 0 bridgehead atoms. The maximum Gasteiger partial charge on any atom is 0.147 e. The molecule has 0 fully saturated rings. The van der Waals surface area contributed by atoms with E-state index < -0.39 is 0 Å². The molecular formula is C96H51N3O6. The quantitative estimate of drug-likeness (QED) is 0.165. The molecule has 0 saturated heterocycles. The Balaban J connectivity index is 0.669. The summed E-state index contributed by atoms with van der Waals surface area (Å²) in [5, 5.41) is 19.2. The van der Waals surface area contributed by atoms with Crippen molar-refractivity contribution in [3.8, 4) is 50.4 Å². The van der Waals surface area contributed by atoms with Crippen LogP contribution in [0.5, 0.6) is 0 Å². The third-order valence-corrected chi connectivity index (χ3v) is 22.6. The van der Waals surface area contributed by atoms with Crippen molar-refractivity contribution in [2.75, 3.05) is 0 Å². The van der Waals surface area contributed by atoms with Crippen LogP contribution < -0.4 is 0 Å². The van der Waals surface area contributed by atoms with Gasteiger partial charge < -0.3 is 40.2 Å². The molecule has 0 saturated carbocycles. The van der Waals surface area contributed by atoms with E-state index in [0.29, 0.717) is 0 Å². The number of para-hydroxylation sites is 6. The van der Waals surface area contributed by atoms with Crippen molar-refractivity contribution in [2.24, 2.45) is 0 Å². The maximum atomic E-state index is 6.98. The van der Waals surface area contributed by atoms with Crippen molar-refractivity contribution >= 4 is 197 Å². The molecule has 9 nitrogen and oxygen atoms in total. The van der Waals surface area contributed by atoms with Crippen molar-refractivity contribution < 1.29 is 26.5 Å². The summed E-state index contributed by atoms with van der Waals surface area (Å²) in [6.45, 7) is 0. The number of nitrogens with zero attached hydrogens (tertiary/aromatic N) is 3. The smallest absolute Gasteiger partial charge is 0.147 e. The molecule has 25 rings (SSSR count). The largest absolute Gasteiger partial charge is 0.456 e. The van der Waals surface area contributed by atoms with Gasteiger partial charge in [0.05, 0.1) is 49.3 Å². The normalized spacial score (nSPS) is 12.6. The minimum atomic E-state index is 0.760. The lowest BCUT2D eigenvalue weighted by Crippen LogP contribution is -1.93. The summed E-state index contributed by atoms with van der Waals surface area (Å²) in [4.78, 5) is 0. The lowest BCUT2D eigenvalue weighted by atomic mass is 9.92. The van der Waals surface area contributed by atoms with Gasteiger partial charge in [-0.2, -0.15) is 0 Å². The van der Waals surface area contributed by atoms with E-state index in [2.05, 4.69) is 323 Å². The van der Waals surface area contributed by atoms with Gasteiger partial charge in [0, 0.05) is 97.9 Å². The third kappa shape index (κ3) is 7.63. The Morgan fingerprint density at radius 2 is 0.390 bits per heavy atom. The van der Waals surface area contributed by atoms with Crippen LogP contribution in [0.25, 0.3) is 247 Å². The van der Waals surface area contributed by atoms with Gasteiger partial charge in [0.1, 0.15) is 67.0 Å². The average Bonchev–Trinajstić information content (AvgIpc) is 1.58. The van der Waals surface area contributed by atoms with Crippen molar-refractivity contribution in [3.05, 3.63) is 309 Å². The van der Waals surface area contributed by atoms with Crippen molar-refractivity contribution in [1.29, 1.82) is 0 Å². The SMILES string of the molecule is c1ccc2c(c1)c1ccccc1n2-c1ccc2oc3c(ccc4oc5ccc(-c6cc(-c7ccc8oc9ccc%10c%11cc(-n%12c%13ccccc%13c%13ccccc%13%12)ccc%11oc%10c9c8c7)cc(-c7ccc8oc9ccc%10c%11cc(-n%12c%13ccccc%13c%13ccccc%13%12)ccc%11oc%10c9c8c7)c6)cc5c43)c2c1. The minimum Gasteiger partial charge on any atom is -0.456 e. The van der Waals surface area contributed by atoms with Crippen LogP contribution in [0.15, 0.2) is 336 Å². The van der Waals surface area contributed by atoms with Gasteiger partial charge in [-0.15, -0.1) is 0 Å². The lowest BCUT2D eigenvalue weighted by molar-refractivity contribution is 0.662. The Kier molecular flexibility index (Phi) is 10.7. The number of rotatable bonds is 6. The molecule has 0 amide bonds. The molecule has 0 radical (unpaired) electrons. The summed E-state index contributed by atoms with van der Waals surface area (Å²) in [5.74, 6) is 0. The van der Waals surface area contributed by atoms with E-state index in [1.807, 2.05) is 0 Å². The molecule has 9 heterocycles. The van der Waals surface area contributed by atoms with Gasteiger partial charge in [-0.25, -0.2) is 0 Å². The highest BCUT2D eigenvalue weighted by atomic mass is 16.4. The summed E-state index contributed by atoms with van der Waals surface area (Å²) in [6.07, 6.45) is 0. The maximum absolute atomic E-state index is 6.98. The van der Waals surface area contributed by atoms with E-state index >= 15 is 0 Å². The molecule has 25 aromatic rings. The van der Waals surface area contributed by atoms with Gasteiger partial charge in [0.25, 0.3) is 0 Å². The van der Waals surface area contributed by atoms with Crippen LogP contribution >= 0.6 is 0 Å². The van der Waals surface area contributed by atoms with Crippen LogP contribution in [-0.4, -0.2) is 13.7 Å². The molecule has 9 aromatic heterocycles. The fraction of sp³-hybridized carbons (Fsp3) is 0. The number of aromatic nitrogens is 3. The van der Waals surface area contributed by atoms with Crippen LogP contribution in [0.4, 0.5) is 0 Å². The zero-order chi connectivity index (χ0) is 68.0. The standard InChI is InChI=1S/C96H51N3O6/c1-7-19-76-61(13-1)62-14-2-8-20-77(62)97(76)58-28-37-82-70(49-58)67-31-40-88-91(94(67)103-82)73-46-52(25-34-85(73)100-88)55-43-56(53-26-35-86-74(47-53)92-89(101-86)41-32-68-71-50-59(29-38-83(71)104-95(68)92)98-78-21-9-3-15-63(78)64-16-4-10-22-79(64)98)45-57(44-55)54-27-36-87-75(48-54)93-90(102-87)42-33-69-72-51-60(30-39-84(72)105-96(69)93)99-80-23-11-5-17-65(80)66-18-6-12-24-81(66)99/h1-51H. The zero-order valence-electron chi connectivity index (χ0n) is 55.7. The molecule has 105 heavy (non-hydrogen) atoms. The second kappa shape index (κ2) is 20.3. The molecular weight excluding hydrogens is 1290 g/mol. The van der Waals surface area contributed by atoms with Gasteiger partial charge in [-0.3, -0.25) is 0 Å². The van der Waals surface area contributed by atoms with Crippen molar-refractivity contribution in [2.45, 2.75) is 0 Å². The molecule has 0 unspecified atom stereocenters. The first-order valence-electron chi connectivity index (χ1n) is 35.6. The summed E-state index contributed by atoms with van der Waals surface area (Å²) in [6, 6.07) is 111. The first-order chi connectivity index (χ1) is 52.0. The topological polar surface area (TPSA) is 93.6 Å². The molecule has 0 aliphatic heterocycles.